The number of ketones is 2. The van der Waals surface area contributed by atoms with Crippen LogP contribution in [0.25, 0.3) is 0 Å². The van der Waals surface area contributed by atoms with Gasteiger partial charge in [-0.25, -0.2) is 0 Å². The normalized spacial score (nSPS) is 22.4. The van der Waals surface area contributed by atoms with Crippen LogP contribution in [0.15, 0.2) is 0 Å². The molecule has 2 nitrogen and oxygen atoms in total. The number of hydrogen-bond donors (Lipinski definition) is 0. The fourth-order valence-electron chi connectivity index (χ4n) is 1.64. The second-order valence-corrected chi connectivity index (χ2v) is 3.92. The molecule has 0 spiro atoms. The van der Waals surface area contributed by atoms with Gasteiger partial charge in [0.05, 0.1) is 5.92 Å². The molecule has 1 aliphatic carbocycles. The highest BCUT2D eigenvalue weighted by Crippen LogP contribution is 2.48. The summed E-state index contributed by atoms with van der Waals surface area (Å²) in [5.74, 6) is -18.2. The lowest BCUT2D eigenvalue weighted by Gasteiger charge is -2.28. The predicted octanol–water partition coefficient (Wildman–Crippen LogP) is 2.76. The number of carbonyl (C=O) groups excluding carboxylic acids is 2. The molecule has 0 aromatic rings. The third kappa shape index (κ3) is 2.10. The lowest BCUT2D eigenvalue weighted by Crippen LogP contribution is -2.58. The molecule has 0 N–H and O–H groups in total. The Hall–Kier alpha value is -1.15. The quantitative estimate of drug-likeness (QED) is 0.588. The molecule has 1 fully saturated rings. The zero-order valence-electron chi connectivity index (χ0n) is 8.66. The van der Waals surface area contributed by atoms with E-state index in [0.717, 1.165) is 0 Å². The fraction of sp³-hybridized carbons (Fsp3) is 0.778. The summed E-state index contributed by atoms with van der Waals surface area (Å²) < 4.78 is 86.4. The van der Waals surface area contributed by atoms with E-state index < -0.39 is 41.9 Å². The molecule has 104 valence electrons. The monoisotopic (exact) mass is 280 g/mol. The minimum Gasteiger partial charge on any atom is -0.299 e. The van der Waals surface area contributed by atoms with Gasteiger partial charge in [-0.1, -0.05) is 0 Å². The Balaban J connectivity index is 3.06. The van der Waals surface area contributed by atoms with Gasteiger partial charge in [0.1, 0.15) is 5.78 Å². The first-order valence-electron chi connectivity index (χ1n) is 4.82. The van der Waals surface area contributed by atoms with Crippen molar-refractivity contribution in [3.63, 3.8) is 0 Å². The molecule has 9 heteroatoms. The van der Waals surface area contributed by atoms with E-state index in [4.69, 9.17) is 0 Å². The van der Waals surface area contributed by atoms with Gasteiger partial charge in [-0.05, 0) is 12.8 Å². The molecule has 1 saturated carbocycles. The fourth-order valence-corrected chi connectivity index (χ4v) is 1.64. The van der Waals surface area contributed by atoms with Crippen LogP contribution in [0, 0.1) is 5.92 Å². The van der Waals surface area contributed by atoms with E-state index in [1.807, 2.05) is 0 Å². The molecule has 0 aliphatic heterocycles. The molecule has 1 rings (SSSR count). The maximum Gasteiger partial charge on any atom is 0.460 e. The van der Waals surface area contributed by atoms with Crippen molar-refractivity contribution in [2.45, 2.75) is 37.3 Å². The van der Waals surface area contributed by atoms with Crippen LogP contribution in [-0.4, -0.2) is 29.6 Å². The number of rotatable bonds is 3. The minimum absolute atomic E-state index is 0.0168. The smallest absolute Gasteiger partial charge is 0.299 e. The van der Waals surface area contributed by atoms with E-state index >= 15 is 0 Å². The van der Waals surface area contributed by atoms with Crippen LogP contribution < -0.4 is 0 Å². The number of carbonyl (C=O) groups is 2. The van der Waals surface area contributed by atoms with E-state index in [-0.39, 0.29) is 12.8 Å². The Morgan fingerprint density at radius 1 is 1.06 bits per heavy atom. The second kappa shape index (κ2) is 4.20. The second-order valence-electron chi connectivity index (χ2n) is 3.92. The zero-order chi connectivity index (χ0) is 14.4. The molecule has 0 heterocycles. The molecule has 1 unspecified atom stereocenters. The van der Waals surface area contributed by atoms with Crippen molar-refractivity contribution >= 4 is 11.6 Å². The Labute approximate surface area is 96.1 Å². The van der Waals surface area contributed by atoms with Crippen molar-refractivity contribution < 1.29 is 40.3 Å². The van der Waals surface area contributed by atoms with E-state index in [1.54, 1.807) is 0 Å². The summed E-state index contributed by atoms with van der Waals surface area (Å²) in [5.41, 5.74) is 0. The minimum atomic E-state index is -6.56. The highest BCUT2D eigenvalue weighted by molar-refractivity contribution is 6.07. The highest BCUT2D eigenvalue weighted by atomic mass is 19.4. The van der Waals surface area contributed by atoms with Crippen LogP contribution in [0.4, 0.5) is 30.7 Å². The van der Waals surface area contributed by atoms with Crippen molar-refractivity contribution in [2.24, 2.45) is 5.92 Å². The lowest BCUT2D eigenvalue weighted by molar-refractivity contribution is -0.344. The standard InChI is InChI=1S/C9H7F7O2/c10-7(11,8(12,13)9(14,15)16)6(18)4-2-1-3-5(4)17/h4H,1-3H2. The van der Waals surface area contributed by atoms with Gasteiger partial charge in [-0.15, -0.1) is 0 Å². The Kier molecular flexibility index (Phi) is 3.48. The summed E-state index contributed by atoms with van der Waals surface area (Å²) in [5, 5.41) is 0. The van der Waals surface area contributed by atoms with Crippen LogP contribution in [0.3, 0.4) is 0 Å². The molecule has 0 saturated heterocycles. The highest BCUT2D eigenvalue weighted by Gasteiger charge is 2.76. The van der Waals surface area contributed by atoms with Crippen molar-refractivity contribution in [1.82, 2.24) is 0 Å². The first-order chi connectivity index (χ1) is 7.93. The number of Topliss-reactive ketones (excluding diaryl/α,β-unsaturated/α-hetero) is 2. The van der Waals surface area contributed by atoms with Gasteiger partial charge >= 0.3 is 18.0 Å². The summed E-state index contributed by atoms with van der Waals surface area (Å²) in [7, 11) is 0. The van der Waals surface area contributed by atoms with Crippen LogP contribution in [-0.2, 0) is 9.59 Å². The first kappa shape index (κ1) is 14.9. The van der Waals surface area contributed by atoms with E-state index in [1.165, 1.54) is 0 Å². The van der Waals surface area contributed by atoms with Gasteiger partial charge in [-0.3, -0.25) is 9.59 Å². The van der Waals surface area contributed by atoms with E-state index in [0.29, 0.717) is 0 Å². The Morgan fingerprint density at radius 2 is 1.56 bits per heavy atom. The number of alkyl halides is 7. The maximum atomic E-state index is 12.9. The van der Waals surface area contributed by atoms with Gasteiger partial charge in [-0.2, -0.15) is 30.7 Å². The summed E-state index contributed by atoms with van der Waals surface area (Å²) in [6.07, 6.45) is -7.25. The molecule has 0 aromatic carbocycles. The first-order valence-corrected chi connectivity index (χ1v) is 4.82. The average molecular weight is 280 g/mol. The third-order valence-corrected chi connectivity index (χ3v) is 2.68. The molecule has 0 bridgehead atoms. The number of halogens is 7. The molecule has 0 radical (unpaired) electrons. The predicted molar refractivity (Wildman–Crippen MR) is 43.3 cm³/mol. The maximum absolute atomic E-state index is 12.9. The zero-order valence-corrected chi connectivity index (χ0v) is 8.66. The van der Waals surface area contributed by atoms with Crippen molar-refractivity contribution in [3.8, 4) is 0 Å². The lowest BCUT2D eigenvalue weighted by atomic mass is 9.93. The molecular formula is C9H7F7O2. The van der Waals surface area contributed by atoms with Gasteiger partial charge in [0.2, 0.25) is 5.78 Å². The summed E-state index contributed by atoms with van der Waals surface area (Å²) in [6, 6.07) is 0. The van der Waals surface area contributed by atoms with Gasteiger partial charge in [0.15, 0.2) is 0 Å². The topological polar surface area (TPSA) is 34.1 Å². The third-order valence-electron chi connectivity index (χ3n) is 2.68. The molecule has 18 heavy (non-hydrogen) atoms. The average Bonchev–Trinajstić information content (AvgIpc) is 2.61. The van der Waals surface area contributed by atoms with E-state index in [2.05, 4.69) is 0 Å². The van der Waals surface area contributed by atoms with Crippen LogP contribution in [0.5, 0.6) is 0 Å². The summed E-state index contributed by atoms with van der Waals surface area (Å²) in [4.78, 5) is 22.0. The molecule has 1 aliphatic rings. The largest absolute Gasteiger partial charge is 0.460 e. The van der Waals surface area contributed by atoms with Crippen LogP contribution >= 0.6 is 0 Å². The van der Waals surface area contributed by atoms with Gasteiger partial charge < -0.3 is 0 Å². The van der Waals surface area contributed by atoms with Crippen molar-refractivity contribution in [2.75, 3.05) is 0 Å². The SMILES string of the molecule is O=C1CCCC1C(=O)C(F)(F)C(F)(F)C(F)(F)F. The molecular weight excluding hydrogens is 273 g/mol. The molecule has 1 atom stereocenters. The van der Waals surface area contributed by atoms with Crippen molar-refractivity contribution in [3.05, 3.63) is 0 Å². The van der Waals surface area contributed by atoms with Crippen molar-refractivity contribution in [1.29, 1.82) is 0 Å². The summed E-state index contributed by atoms with van der Waals surface area (Å²) >= 11 is 0. The molecule has 0 amide bonds. The van der Waals surface area contributed by atoms with Crippen LogP contribution in [0.1, 0.15) is 19.3 Å². The number of hydrogen-bond acceptors (Lipinski definition) is 2. The molecule has 0 aromatic heterocycles. The van der Waals surface area contributed by atoms with E-state index in [9.17, 15) is 40.3 Å². The Morgan fingerprint density at radius 3 is 1.89 bits per heavy atom. The van der Waals surface area contributed by atoms with Gasteiger partial charge in [0, 0.05) is 6.42 Å². The van der Waals surface area contributed by atoms with Crippen LogP contribution in [0.2, 0.25) is 0 Å². The summed E-state index contributed by atoms with van der Waals surface area (Å²) in [6.45, 7) is 0. The Bertz CT molecular complexity index is 372. The van der Waals surface area contributed by atoms with Gasteiger partial charge in [0.25, 0.3) is 0 Å².